The highest BCUT2D eigenvalue weighted by Crippen LogP contribution is 2.27. The average molecular weight is 441 g/mol. The quantitative estimate of drug-likeness (QED) is 0.472. The second-order valence-corrected chi connectivity index (χ2v) is 7.91. The number of pyridine rings is 2. The number of aromatic nitrogens is 2. The fourth-order valence-corrected chi connectivity index (χ4v) is 4.17. The highest BCUT2D eigenvalue weighted by atomic mass is 16.5. The number of hydrogen-bond donors (Lipinski definition) is 0. The van der Waals surface area contributed by atoms with Crippen molar-refractivity contribution in [1.29, 1.82) is 0 Å². The van der Waals surface area contributed by atoms with Crippen molar-refractivity contribution < 1.29 is 14.3 Å². The zero-order valence-electron chi connectivity index (χ0n) is 18.2. The maximum Gasteiger partial charge on any atom is 0.259 e. The van der Waals surface area contributed by atoms with Crippen molar-refractivity contribution in [1.82, 2.24) is 14.5 Å². The van der Waals surface area contributed by atoms with Gasteiger partial charge in [0.05, 0.1) is 19.2 Å². The Labute approximate surface area is 190 Å². The molecule has 1 atom stereocenters. The Morgan fingerprint density at radius 1 is 1.03 bits per heavy atom. The lowest BCUT2D eigenvalue weighted by molar-refractivity contribution is 0.0768. The van der Waals surface area contributed by atoms with Crippen LogP contribution in [0.3, 0.4) is 0 Å². The molecule has 0 N–H and O–H groups in total. The van der Waals surface area contributed by atoms with Crippen LogP contribution >= 0.6 is 0 Å². The fourth-order valence-electron chi connectivity index (χ4n) is 4.17. The standard InChI is InChI=1S/C26H23N3O4/c1-32-23-15-24(30)29(19-9-3-2-4-10-19)17-21(23)26(31)28-14-12-20(16-28)33-22-11-5-7-18-8-6-13-27-25(18)22/h2-11,13,15,17,20H,12,14,16H2,1H3/t20-/m1/s1. The number of hydrogen-bond acceptors (Lipinski definition) is 5. The largest absolute Gasteiger partial charge is 0.496 e. The minimum atomic E-state index is -0.263. The van der Waals surface area contributed by atoms with Crippen LogP contribution in [0, 0.1) is 0 Å². The summed E-state index contributed by atoms with van der Waals surface area (Å²) in [6, 6.07) is 20.3. The first-order chi connectivity index (χ1) is 16.1. The SMILES string of the molecule is COc1cc(=O)n(-c2ccccc2)cc1C(=O)N1CC[C@@H](Oc2cccc3cccnc23)C1. The number of amides is 1. The van der Waals surface area contributed by atoms with E-state index in [4.69, 9.17) is 9.47 Å². The predicted molar refractivity (Wildman–Crippen MR) is 125 cm³/mol. The summed E-state index contributed by atoms with van der Waals surface area (Å²) in [5.74, 6) is 0.779. The number of methoxy groups -OCH3 is 1. The number of carbonyl (C=O) groups excluding carboxylic acids is 1. The van der Waals surface area contributed by atoms with Gasteiger partial charge in [-0.1, -0.05) is 36.4 Å². The van der Waals surface area contributed by atoms with Gasteiger partial charge in [-0.25, -0.2) is 0 Å². The van der Waals surface area contributed by atoms with E-state index in [0.29, 0.717) is 36.5 Å². The van der Waals surface area contributed by atoms with Gasteiger partial charge in [-0.05, 0) is 24.3 Å². The van der Waals surface area contributed by atoms with E-state index in [-0.39, 0.29) is 23.3 Å². The predicted octanol–water partition coefficient (Wildman–Crippen LogP) is 3.69. The van der Waals surface area contributed by atoms with E-state index < -0.39 is 0 Å². The summed E-state index contributed by atoms with van der Waals surface area (Å²) in [6.07, 6.45) is 3.86. The van der Waals surface area contributed by atoms with Crippen LogP contribution in [0.4, 0.5) is 0 Å². The molecule has 0 aliphatic carbocycles. The zero-order chi connectivity index (χ0) is 22.8. The number of ether oxygens (including phenoxy) is 2. The summed E-state index contributed by atoms with van der Waals surface area (Å²) in [7, 11) is 1.46. The molecule has 2 aromatic heterocycles. The molecular weight excluding hydrogens is 418 g/mol. The third-order valence-electron chi connectivity index (χ3n) is 5.82. The number of benzene rings is 2. The van der Waals surface area contributed by atoms with Crippen LogP contribution in [-0.2, 0) is 0 Å². The molecule has 1 fully saturated rings. The lowest BCUT2D eigenvalue weighted by atomic mass is 10.2. The monoisotopic (exact) mass is 441 g/mol. The second kappa shape index (κ2) is 8.78. The average Bonchev–Trinajstić information content (AvgIpc) is 3.32. The van der Waals surface area contributed by atoms with Crippen molar-refractivity contribution in [2.75, 3.05) is 20.2 Å². The number of rotatable bonds is 5. The maximum absolute atomic E-state index is 13.4. The van der Waals surface area contributed by atoms with Gasteiger partial charge in [0.25, 0.3) is 11.5 Å². The summed E-state index contributed by atoms with van der Waals surface area (Å²) in [6.45, 7) is 0.991. The topological polar surface area (TPSA) is 73.7 Å². The molecule has 0 unspecified atom stereocenters. The number of likely N-dealkylation sites (tertiary alicyclic amines) is 1. The molecule has 166 valence electrons. The Morgan fingerprint density at radius 2 is 1.85 bits per heavy atom. The van der Waals surface area contributed by atoms with Crippen molar-refractivity contribution >= 4 is 16.8 Å². The van der Waals surface area contributed by atoms with Crippen molar-refractivity contribution in [3.05, 3.63) is 95.0 Å². The van der Waals surface area contributed by atoms with Crippen LogP contribution in [-0.4, -0.2) is 46.7 Å². The minimum Gasteiger partial charge on any atom is -0.496 e. The highest BCUT2D eigenvalue weighted by Gasteiger charge is 2.30. The molecule has 0 bridgehead atoms. The molecule has 0 saturated carbocycles. The van der Waals surface area contributed by atoms with Crippen LogP contribution in [0.15, 0.2) is 83.9 Å². The highest BCUT2D eigenvalue weighted by molar-refractivity contribution is 5.97. The van der Waals surface area contributed by atoms with Gasteiger partial charge in [0.15, 0.2) is 0 Å². The Morgan fingerprint density at radius 3 is 2.67 bits per heavy atom. The van der Waals surface area contributed by atoms with Gasteiger partial charge >= 0.3 is 0 Å². The number of carbonyl (C=O) groups is 1. The molecule has 4 aromatic rings. The van der Waals surface area contributed by atoms with E-state index >= 15 is 0 Å². The Hall–Kier alpha value is -4.13. The first-order valence-electron chi connectivity index (χ1n) is 10.8. The van der Waals surface area contributed by atoms with Crippen LogP contribution in [0.25, 0.3) is 16.6 Å². The Bertz CT molecular complexity index is 1360. The normalized spacial score (nSPS) is 15.5. The molecular formula is C26H23N3O4. The fraction of sp³-hybridized carbons (Fsp3) is 0.192. The van der Waals surface area contributed by atoms with Crippen molar-refractivity contribution in [3.63, 3.8) is 0 Å². The lowest BCUT2D eigenvalue weighted by Gasteiger charge is -2.20. The van der Waals surface area contributed by atoms with E-state index in [1.807, 2.05) is 60.7 Å². The van der Waals surface area contributed by atoms with Crippen molar-refractivity contribution in [2.24, 2.45) is 0 Å². The van der Waals surface area contributed by atoms with Crippen LogP contribution in [0.5, 0.6) is 11.5 Å². The van der Waals surface area contributed by atoms with Crippen LogP contribution in [0.2, 0.25) is 0 Å². The van der Waals surface area contributed by atoms with Crippen molar-refractivity contribution in [3.8, 4) is 17.2 Å². The van der Waals surface area contributed by atoms with Crippen LogP contribution < -0.4 is 15.0 Å². The van der Waals surface area contributed by atoms with Gasteiger partial charge < -0.3 is 14.4 Å². The Balaban J connectivity index is 1.39. The van der Waals surface area contributed by atoms with Crippen LogP contribution in [0.1, 0.15) is 16.8 Å². The zero-order valence-corrected chi connectivity index (χ0v) is 18.2. The number of nitrogens with zero attached hydrogens (tertiary/aromatic N) is 3. The van der Waals surface area contributed by atoms with Gasteiger partial charge in [0.1, 0.15) is 23.1 Å². The molecule has 0 radical (unpaired) electrons. The van der Waals surface area contributed by atoms with E-state index in [1.54, 1.807) is 17.3 Å². The van der Waals surface area contributed by atoms with Gasteiger partial charge in [-0.15, -0.1) is 0 Å². The van der Waals surface area contributed by atoms with Gasteiger partial charge in [-0.3, -0.25) is 19.1 Å². The first-order valence-corrected chi connectivity index (χ1v) is 10.8. The lowest BCUT2D eigenvalue weighted by Crippen LogP contribution is -2.32. The molecule has 5 rings (SSSR count). The number of fused-ring (bicyclic) bond motifs is 1. The molecule has 3 heterocycles. The summed E-state index contributed by atoms with van der Waals surface area (Å²) in [4.78, 5) is 32.2. The second-order valence-electron chi connectivity index (χ2n) is 7.91. The van der Waals surface area contributed by atoms with Crippen molar-refractivity contribution in [2.45, 2.75) is 12.5 Å². The van der Waals surface area contributed by atoms with Gasteiger partial charge in [-0.2, -0.15) is 0 Å². The molecule has 2 aromatic carbocycles. The molecule has 7 nitrogen and oxygen atoms in total. The third-order valence-corrected chi connectivity index (χ3v) is 5.82. The maximum atomic E-state index is 13.4. The first kappa shape index (κ1) is 20.8. The van der Waals surface area contributed by atoms with Gasteiger partial charge in [0.2, 0.25) is 0 Å². The molecule has 33 heavy (non-hydrogen) atoms. The molecule has 1 amide bonds. The molecule has 1 aliphatic heterocycles. The summed E-state index contributed by atoms with van der Waals surface area (Å²) in [5, 5.41) is 1.01. The molecule has 1 aliphatic rings. The molecule has 1 saturated heterocycles. The summed E-state index contributed by atoms with van der Waals surface area (Å²) in [5.41, 5.74) is 1.57. The number of para-hydroxylation sites is 2. The summed E-state index contributed by atoms with van der Waals surface area (Å²) < 4.78 is 13.1. The Kier molecular flexibility index (Phi) is 5.52. The summed E-state index contributed by atoms with van der Waals surface area (Å²) >= 11 is 0. The smallest absolute Gasteiger partial charge is 0.259 e. The van der Waals surface area contributed by atoms with E-state index in [0.717, 1.165) is 10.9 Å². The third kappa shape index (κ3) is 4.05. The van der Waals surface area contributed by atoms with Gasteiger partial charge in [0, 0.05) is 42.5 Å². The van der Waals surface area contributed by atoms with E-state index in [1.165, 1.54) is 17.7 Å². The van der Waals surface area contributed by atoms with E-state index in [9.17, 15) is 9.59 Å². The molecule has 0 spiro atoms. The molecule has 7 heteroatoms. The van der Waals surface area contributed by atoms with E-state index in [2.05, 4.69) is 4.98 Å². The minimum absolute atomic E-state index is 0.146.